The molecule has 5 saturated carbocycles. The molecule has 0 aliphatic heterocycles. The molecule has 0 spiro atoms. The van der Waals surface area contributed by atoms with Crippen molar-refractivity contribution in [2.45, 2.75) is 131 Å². The third-order valence-corrected chi connectivity index (χ3v) is 13.9. The maximum absolute atomic E-state index is 12.8. The minimum atomic E-state index is -0.482. The molecule has 34 heavy (non-hydrogen) atoms. The second-order valence-corrected chi connectivity index (χ2v) is 15.0. The lowest BCUT2D eigenvalue weighted by Gasteiger charge is -2.72. The van der Waals surface area contributed by atoms with Crippen molar-refractivity contribution in [2.75, 3.05) is 0 Å². The second kappa shape index (κ2) is 7.96. The number of rotatable bonds is 4. The topological polar surface area (TPSA) is 57.5 Å². The van der Waals surface area contributed by atoms with Crippen molar-refractivity contribution >= 4 is 5.97 Å². The lowest BCUT2D eigenvalue weighted by atomic mass is 9.32. The van der Waals surface area contributed by atoms with E-state index in [2.05, 4.69) is 41.5 Å². The highest BCUT2D eigenvalue weighted by Gasteiger charge is 2.71. The highest BCUT2D eigenvalue weighted by Crippen LogP contribution is 2.77. The zero-order chi connectivity index (χ0) is 24.7. The third-order valence-electron chi connectivity index (χ3n) is 13.9. The van der Waals surface area contributed by atoms with Crippen molar-refractivity contribution < 1.29 is 15.0 Å². The van der Waals surface area contributed by atoms with Crippen LogP contribution in [0.5, 0.6) is 0 Å². The number of carboxylic acids is 1. The summed E-state index contributed by atoms with van der Waals surface area (Å²) in [6, 6.07) is 0. The summed E-state index contributed by atoms with van der Waals surface area (Å²) in [5, 5.41) is 21.5. The fourth-order valence-corrected chi connectivity index (χ4v) is 11.9. The molecule has 194 valence electrons. The van der Waals surface area contributed by atoms with Crippen molar-refractivity contribution in [1.29, 1.82) is 0 Å². The van der Waals surface area contributed by atoms with Crippen LogP contribution >= 0.6 is 0 Å². The van der Waals surface area contributed by atoms with Crippen LogP contribution < -0.4 is 0 Å². The Kier molecular flexibility index (Phi) is 5.88. The fourth-order valence-electron chi connectivity index (χ4n) is 11.9. The SMILES string of the molecule is CCCC[C@@H]1CCC2(C(=O)O)CC[C@]3(C)[C@H](CC[C@@H]4C5(C)CC[C@H](O)C(C)(C)[C@@H]5CC[C@]43C)[C@@H]12. The van der Waals surface area contributed by atoms with E-state index in [4.69, 9.17) is 0 Å². The van der Waals surface area contributed by atoms with Crippen molar-refractivity contribution in [2.24, 2.45) is 56.7 Å². The largest absolute Gasteiger partial charge is 0.481 e. The van der Waals surface area contributed by atoms with Gasteiger partial charge >= 0.3 is 5.97 Å². The molecule has 3 nitrogen and oxygen atoms in total. The molecule has 0 aromatic heterocycles. The second-order valence-electron chi connectivity index (χ2n) is 15.0. The number of aliphatic hydroxyl groups is 1. The van der Waals surface area contributed by atoms with Gasteiger partial charge in [0.1, 0.15) is 0 Å². The van der Waals surface area contributed by atoms with E-state index in [0.29, 0.717) is 35.0 Å². The Hall–Kier alpha value is -0.570. The molecule has 0 heterocycles. The number of aliphatic carboxylic acids is 1. The van der Waals surface area contributed by atoms with E-state index in [-0.39, 0.29) is 22.3 Å². The summed E-state index contributed by atoms with van der Waals surface area (Å²) in [4.78, 5) is 12.8. The van der Waals surface area contributed by atoms with Gasteiger partial charge in [0.15, 0.2) is 0 Å². The molecule has 5 aliphatic carbocycles. The summed E-state index contributed by atoms with van der Waals surface area (Å²) in [5.41, 5.74) is 0.352. The van der Waals surface area contributed by atoms with Gasteiger partial charge in [0.25, 0.3) is 0 Å². The Morgan fingerprint density at radius 3 is 2.24 bits per heavy atom. The highest BCUT2D eigenvalue weighted by atomic mass is 16.4. The lowest BCUT2D eigenvalue weighted by Crippen LogP contribution is -2.67. The number of unbranched alkanes of at least 4 members (excludes halogenated alkanes) is 1. The summed E-state index contributed by atoms with van der Waals surface area (Å²) in [5.74, 6) is 2.35. The number of carboxylic acid groups (broad SMARTS) is 1. The normalized spacial score (nSPS) is 53.9. The first-order valence-corrected chi connectivity index (χ1v) is 14.8. The van der Waals surface area contributed by atoms with E-state index in [1.165, 1.54) is 44.9 Å². The first kappa shape index (κ1) is 25.1. The monoisotopic (exact) mass is 472 g/mol. The highest BCUT2D eigenvalue weighted by molar-refractivity contribution is 5.76. The van der Waals surface area contributed by atoms with Gasteiger partial charge in [-0.2, -0.15) is 0 Å². The van der Waals surface area contributed by atoms with Gasteiger partial charge in [-0.3, -0.25) is 4.79 Å². The zero-order valence-electron chi connectivity index (χ0n) is 23.0. The Morgan fingerprint density at radius 1 is 0.824 bits per heavy atom. The van der Waals surface area contributed by atoms with Crippen LogP contribution in [0, 0.1) is 56.7 Å². The van der Waals surface area contributed by atoms with Gasteiger partial charge < -0.3 is 10.2 Å². The quantitative estimate of drug-likeness (QED) is 0.440. The standard InChI is InChI=1S/C31H52O3/c1-7-8-9-20-12-17-31(26(33)34)19-18-29(5)21(25(20)31)10-11-23-28(4)15-14-24(32)27(2,3)22(28)13-16-30(23,29)6/h20-25,32H,7-19H2,1-6H3,(H,33,34)/t20-,21-,22+,23-,24+,25-,28?,29-,30-,31?/m1/s1. The fraction of sp³-hybridized carbons (Fsp3) is 0.968. The van der Waals surface area contributed by atoms with Gasteiger partial charge in [0, 0.05) is 0 Å². The van der Waals surface area contributed by atoms with E-state index >= 15 is 0 Å². The average Bonchev–Trinajstić information content (AvgIpc) is 3.16. The predicted molar refractivity (Wildman–Crippen MR) is 137 cm³/mol. The average molecular weight is 473 g/mol. The Bertz CT molecular complexity index is 819. The van der Waals surface area contributed by atoms with Crippen LogP contribution in [0.2, 0.25) is 0 Å². The van der Waals surface area contributed by atoms with Crippen molar-refractivity contribution in [3.63, 3.8) is 0 Å². The van der Waals surface area contributed by atoms with Crippen molar-refractivity contribution in [3.8, 4) is 0 Å². The van der Waals surface area contributed by atoms with E-state index < -0.39 is 11.4 Å². The summed E-state index contributed by atoms with van der Waals surface area (Å²) < 4.78 is 0. The molecule has 2 unspecified atom stereocenters. The van der Waals surface area contributed by atoms with Crippen LogP contribution in [0.4, 0.5) is 0 Å². The van der Waals surface area contributed by atoms with Crippen molar-refractivity contribution in [1.82, 2.24) is 0 Å². The minimum Gasteiger partial charge on any atom is -0.481 e. The molecule has 3 heteroatoms. The number of hydrogen-bond donors (Lipinski definition) is 2. The summed E-state index contributed by atoms with van der Waals surface area (Å²) in [6.45, 7) is 14.8. The molecule has 0 saturated heterocycles. The van der Waals surface area contributed by atoms with Gasteiger partial charge in [-0.15, -0.1) is 0 Å². The Labute approximate surface area is 208 Å². The van der Waals surface area contributed by atoms with Crippen LogP contribution in [-0.4, -0.2) is 22.3 Å². The Morgan fingerprint density at radius 2 is 1.56 bits per heavy atom. The first-order valence-electron chi connectivity index (χ1n) is 14.8. The molecule has 2 N–H and O–H groups in total. The van der Waals surface area contributed by atoms with E-state index in [0.717, 1.165) is 38.5 Å². The lowest BCUT2D eigenvalue weighted by molar-refractivity contribution is -0.249. The van der Waals surface area contributed by atoms with Crippen LogP contribution in [0.3, 0.4) is 0 Å². The molecule has 5 fully saturated rings. The van der Waals surface area contributed by atoms with Crippen molar-refractivity contribution in [3.05, 3.63) is 0 Å². The minimum absolute atomic E-state index is 0.00614. The number of carbonyl (C=O) groups is 1. The molecule has 0 radical (unpaired) electrons. The molecule has 10 atom stereocenters. The van der Waals surface area contributed by atoms with Crippen LogP contribution in [0.15, 0.2) is 0 Å². The molecule has 5 aliphatic rings. The predicted octanol–water partition coefficient (Wildman–Crippen LogP) is 7.70. The molecule has 0 aromatic carbocycles. The molecule has 0 amide bonds. The van der Waals surface area contributed by atoms with Crippen LogP contribution in [0.1, 0.15) is 125 Å². The maximum Gasteiger partial charge on any atom is 0.309 e. The summed E-state index contributed by atoms with van der Waals surface area (Å²) in [7, 11) is 0. The number of aliphatic hydroxyl groups excluding tert-OH is 1. The van der Waals surface area contributed by atoms with Gasteiger partial charge in [-0.1, -0.05) is 60.8 Å². The van der Waals surface area contributed by atoms with E-state index in [9.17, 15) is 15.0 Å². The number of hydrogen-bond acceptors (Lipinski definition) is 2. The summed E-state index contributed by atoms with van der Waals surface area (Å²) in [6.07, 6.45) is 14.6. The number of fused-ring (bicyclic) bond motifs is 7. The smallest absolute Gasteiger partial charge is 0.309 e. The molecule has 0 aromatic rings. The van der Waals surface area contributed by atoms with E-state index in [1.54, 1.807) is 0 Å². The first-order chi connectivity index (χ1) is 15.9. The van der Waals surface area contributed by atoms with E-state index in [1.807, 2.05) is 0 Å². The summed E-state index contributed by atoms with van der Waals surface area (Å²) >= 11 is 0. The maximum atomic E-state index is 12.8. The van der Waals surface area contributed by atoms with Crippen LogP contribution in [-0.2, 0) is 4.79 Å². The van der Waals surface area contributed by atoms with Gasteiger partial charge in [-0.05, 0) is 115 Å². The molecule has 5 rings (SSSR count). The van der Waals surface area contributed by atoms with Gasteiger partial charge in [-0.25, -0.2) is 0 Å². The molecule has 0 bridgehead atoms. The third kappa shape index (κ3) is 3.00. The van der Waals surface area contributed by atoms with Gasteiger partial charge in [0.05, 0.1) is 11.5 Å². The Balaban J connectivity index is 1.53. The van der Waals surface area contributed by atoms with Crippen LogP contribution in [0.25, 0.3) is 0 Å². The zero-order valence-corrected chi connectivity index (χ0v) is 23.0. The van der Waals surface area contributed by atoms with Gasteiger partial charge in [0.2, 0.25) is 0 Å². The molecular weight excluding hydrogens is 420 g/mol. The molecular formula is C31H52O3.